The van der Waals surface area contributed by atoms with Crippen molar-refractivity contribution in [2.45, 2.75) is 25.9 Å². The summed E-state index contributed by atoms with van der Waals surface area (Å²) < 4.78 is 18.1. The molecule has 0 saturated heterocycles. The normalized spacial score (nSPS) is 11.8. The zero-order valence-electron chi connectivity index (χ0n) is 11.1. The number of rotatable bonds is 6. The highest BCUT2D eigenvalue weighted by atomic mass is 19.1. The molecule has 0 spiro atoms. The lowest BCUT2D eigenvalue weighted by atomic mass is 10.2. The van der Waals surface area contributed by atoms with Crippen molar-refractivity contribution in [2.24, 2.45) is 0 Å². The van der Waals surface area contributed by atoms with Gasteiger partial charge in [-0.05, 0) is 25.0 Å². The molecule has 0 saturated carbocycles. The second-order valence-corrected chi connectivity index (χ2v) is 4.08. The van der Waals surface area contributed by atoms with Crippen molar-refractivity contribution in [1.82, 2.24) is 5.32 Å². The zero-order valence-corrected chi connectivity index (χ0v) is 11.1. The van der Waals surface area contributed by atoms with Gasteiger partial charge >= 0.3 is 6.03 Å². The molecule has 0 aliphatic heterocycles. The van der Waals surface area contributed by atoms with Crippen molar-refractivity contribution in [3.63, 3.8) is 0 Å². The molecule has 3 N–H and O–H groups in total. The van der Waals surface area contributed by atoms with Crippen LogP contribution < -0.4 is 15.4 Å². The molecular formula is C13H19FN2O3. The van der Waals surface area contributed by atoms with E-state index < -0.39 is 18.0 Å². The van der Waals surface area contributed by atoms with Gasteiger partial charge in [-0.1, -0.05) is 6.92 Å². The fraction of sp³-hybridized carbons (Fsp3) is 0.462. The third kappa shape index (κ3) is 5.13. The summed E-state index contributed by atoms with van der Waals surface area (Å²) in [5.74, 6) is -0.0809. The topological polar surface area (TPSA) is 70.6 Å². The van der Waals surface area contributed by atoms with E-state index in [2.05, 4.69) is 10.6 Å². The Morgan fingerprint density at radius 1 is 1.53 bits per heavy atom. The third-order valence-electron chi connectivity index (χ3n) is 2.64. The van der Waals surface area contributed by atoms with Crippen LogP contribution in [0.5, 0.6) is 5.75 Å². The van der Waals surface area contributed by atoms with Gasteiger partial charge in [-0.15, -0.1) is 0 Å². The molecule has 0 aliphatic rings. The van der Waals surface area contributed by atoms with Gasteiger partial charge in [0.05, 0.1) is 18.9 Å². The molecule has 0 fully saturated rings. The van der Waals surface area contributed by atoms with Gasteiger partial charge in [-0.2, -0.15) is 0 Å². The van der Waals surface area contributed by atoms with E-state index in [9.17, 15) is 14.3 Å². The Hall–Kier alpha value is -1.82. The number of urea groups is 1. The lowest BCUT2D eigenvalue weighted by molar-refractivity contribution is 0.160. The van der Waals surface area contributed by atoms with Crippen LogP contribution >= 0.6 is 0 Å². The molecule has 0 radical (unpaired) electrons. The summed E-state index contributed by atoms with van der Waals surface area (Å²) in [4.78, 5) is 11.6. The Bertz CT molecular complexity index is 426. The first-order chi connectivity index (χ1) is 9.06. The van der Waals surface area contributed by atoms with Gasteiger partial charge in [-0.3, -0.25) is 0 Å². The number of aliphatic hydroxyl groups excluding tert-OH is 1. The highest BCUT2D eigenvalue weighted by molar-refractivity contribution is 5.90. The van der Waals surface area contributed by atoms with E-state index >= 15 is 0 Å². The van der Waals surface area contributed by atoms with E-state index in [0.717, 1.165) is 0 Å². The number of nitrogens with one attached hydrogen (secondary N) is 2. The zero-order chi connectivity index (χ0) is 14.3. The molecule has 1 atom stereocenters. The van der Waals surface area contributed by atoms with Crippen LogP contribution in [0.2, 0.25) is 0 Å². The molecule has 5 nitrogen and oxygen atoms in total. The van der Waals surface area contributed by atoms with Crippen LogP contribution in [-0.4, -0.2) is 30.9 Å². The Morgan fingerprint density at radius 2 is 2.26 bits per heavy atom. The minimum absolute atomic E-state index is 0.260. The lowest BCUT2D eigenvalue weighted by Gasteiger charge is -2.12. The molecule has 6 heteroatoms. The maximum Gasteiger partial charge on any atom is 0.319 e. The first-order valence-electron chi connectivity index (χ1n) is 6.13. The highest BCUT2D eigenvalue weighted by Crippen LogP contribution is 2.24. The van der Waals surface area contributed by atoms with Crippen molar-refractivity contribution < 1.29 is 19.0 Å². The number of methoxy groups -OCH3 is 1. The van der Waals surface area contributed by atoms with E-state index in [1.807, 2.05) is 6.92 Å². The maximum absolute atomic E-state index is 13.1. The van der Waals surface area contributed by atoms with Crippen LogP contribution in [0.3, 0.4) is 0 Å². The second kappa shape index (κ2) is 7.58. The SMILES string of the molecule is CCC(O)CCNC(=O)Nc1cc(F)ccc1OC. The largest absolute Gasteiger partial charge is 0.495 e. The smallest absolute Gasteiger partial charge is 0.319 e. The van der Waals surface area contributed by atoms with Crippen molar-refractivity contribution in [2.75, 3.05) is 19.0 Å². The summed E-state index contributed by atoms with van der Waals surface area (Å²) in [6.45, 7) is 2.21. The molecule has 0 aliphatic carbocycles. The molecule has 2 amide bonds. The quantitative estimate of drug-likeness (QED) is 0.741. The summed E-state index contributed by atoms with van der Waals surface area (Å²) in [7, 11) is 1.44. The lowest BCUT2D eigenvalue weighted by Crippen LogP contribution is -2.31. The maximum atomic E-state index is 13.1. The summed E-state index contributed by atoms with van der Waals surface area (Å²) in [5.41, 5.74) is 0.260. The minimum atomic E-state index is -0.466. The number of amides is 2. The first kappa shape index (κ1) is 15.2. The second-order valence-electron chi connectivity index (χ2n) is 4.08. The number of benzene rings is 1. The van der Waals surface area contributed by atoms with Crippen LogP contribution in [0.25, 0.3) is 0 Å². The van der Waals surface area contributed by atoms with E-state index in [1.54, 1.807) is 0 Å². The van der Waals surface area contributed by atoms with Crippen LogP contribution in [0.1, 0.15) is 19.8 Å². The van der Waals surface area contributed by atoms with E-state index in [4.69, 9.17) is 4.74 Å². The average molecular weight is 270 g/mol. The molecule has 0 heterocycles. The molecule has 1 rings (SSSR count). The van der Waals surface area contributed by atoms with Crippen molar-refractivity contribution in [1.29, 1.82) is 0 Å². The number of hydrogen-bond acceptors (Lipinski definition) is 3. The van der Waals surface area contributed by atoms with Crippen molar-refractivity contribution in [3.05, 3.63) is 24.0 Å². The Balaban J connectivity index is 2.50. The molecule has 0 aromatic heterocycles. The van der Waals surface area contributed by atoms with Gasteiger partial charge in [0.15, 0.2) is 0 Å². The number of carbonyl (C=O) groups excluding carboxylic acids is 1. The Labute approximate surface area is 111 Å². The number of anilines is 1. The van der Waals surface area contributed by atoms with Gasteiger partial charge in [0.25, 0.3) is 0 Å². The van der Waals surface area contributed by atoms with E-state index in [1.165, 1.54) is 25.3 Å². The first-order valence-corrected chi connectivity index (χ1v) is 6.13. The van der Waals surface area contributed by atoms with Gasteiger partial charge in [0, 0.05) is 12.6 Å². The van der Waals surface area contributed by atoms with Gasteiger partial charge in [0.1, 0.15) is 11.6 Å². The van der Waals surface area contributed by atoms with Crippen molar-refractivity contribution >= 4 is 11.7 Å². The van der Waals surface area contributed by atoms with Crippen LogP contribution in [-0.2, 0) is 0 Å². The van der Waals surface area contributed by atoms with Gasteiger partial charge in [-0.25, -0.2) is 9.18 Å². The number of hydrogen-bond donors (Lipinski definition) is 3. The van der Waals surface area contributed by atoms with Gasteiger partial charge < -0.3 is 20.5 Å². The fourth-order valence-electron chi connectivity index (χ4n) is 1.50. The molecule has 1 aromatic carbocycles. The Kier molecular flexibility index (Phi) is 6.08. The van der Waals surface area contributed by atoms with E-state index in [-0.39, 0.29) is 5.69 Å². The number of aliphatic hydroxyl groups is 1. The van der Waals surface area contributed by atoms with Crippen LogP contribution in [0.4, 0.5) is 14.9 Å². The standard InChI is InChI=1S/C13H19FN2O3/c1-3-10(17)6-7-15-13(18)16-11-8-9(14)4-5-12(11)19-2/h4-5,8,10,17H,3,6-7H2,1-2H3,(H2,15,16,18). The average Bonchev–Trinajstić information content (AvgIpc) is 2.38. The number of halogens is 1. The highest BCUT2D eigenvalue weighted by Gasteiger charge is 2.09. The molecule has 1 aromatic rings. The minimum Gasteiger partial charge on any atom is -0.495 e. The Morgan fingerprint density at radius 3 is 2.89 bits per heavy atom. The molecule has 106 valence electrons. The predicted molar refractivity (Wildman–Crippen MR) is 70.9 cm³/mol. The summed E-state index contributed by atoms with van der Waals surface area (Å²) in [5, 5.41) is 14.4. The monoisotopic (exact) mass is 270 g/mol. The molecule has 0 bridgehead atoms. The van der Waals surface area contributed by atoms with Gasteiger partial charge in [0.2, 0.25) is 0 Å². The number of ether oxygens (including phenoxy) is 1. The summed E-state index contributed by atoms with van der Waals surface area (Å²) in [6.07, 6.45) is 0.689. The van der Waals surface area contributed by atoms with Crippen LogP contribution in [0, 0.1) is 5.82 Å². The molecule has 19 heavy (non-hydrogen) atoms. The predicted octanol–water partition coefficient (Wildman–Crippen LogP) is 2.12. The molecular weight excluding hydrogens is 251 g/mol. The van der Waals surface area contributed by atoms with Crippen LogP contribution in [0.15, 0.2) is 18.2 Å². The van der Waals surface area contributed by atoms with Crippen molar-refractivity contribution in [3.8, 4) is 5.75 Å². The third-order valence-corrected chi connectivity index (χ3v) is 2.64. The van der Waals surface area contributed by atoms with E-state index in [0.29, 0.717) is 25.1 Å². The summed E-state index contributed by atoms with van der Waals surface area (Å²) >= 11 is 0. The summed E-state index contributed by atoms with van der Waals surface area (Å²) in [6, 6.07) is 3.40. The number of carbonyl (C=O) groups is 1. The molecule has 1 unspecified atom stereocenters. The fourth-order valence-corrected chi connectivity index (χ4v) is 1.50.